The lowest BCUT2D eigenvalue weighted by atomic mass is 10.2. The van der Waals surface area contributed by atoms with Gasteiger partial charge in [0.2, 0.25) is 0 Å². The minimum atomic E-state index is -0.892. The van der Waals surface area contributed by atoms with E-state index in [4.69, 9.17) is 5.11 Å². The van der Waals surface area contributed by atoms with Crippen LogP contribution in [0.15, 0.2) is 17.2 Å². The van der Waals surface area contributed by atoms with Gasteiger partial charge in [0, 0.05) is 5.69 Å². The maximum atomic E-state index is 10.9. The van der Waals surface area contributed by atoms with Gasteiger partial charge in [0.05, 0.1) is 10.6 Å². The summed E-state index contributed by atoms with van der Waals surface area (Å²) >= 11 is 1.62. The number of carboxylic acid groups (broad SMARTS) is 1. The minimum absolute atomic E-state index is 0.319. The van der Waals surface area contributed by atoms with Gasteiger partial charge in [-0.15, -0.1) is 11.8 Å². The van der Waals surface area contributed by atoms with Gasteiger partial charge in [0.15, 0.2) is 0 Å². The van der Waals surface area contributed by atoms with Crippen molar-refractivity contribution < 1.29 is 9.90 Å². The van der Waals surface area contributed by atoms with Crippen LogP contribution < -0.4 is 0 Å². The lowest BCUT2D eigenvalue weighted by Gasteiger charge is -2.05. The molecule has 3 nitrogen and oxygen atoms in total. The number of thioether (sulfide) groups is 1. The van der Waals surface area contributed by atoms with Crippen molar-refractivity contribution in [3.8, 4) is 0 Å². The third-order valence-corrected chi connectivity index (χ3v) is 3.07. The summed E-state index contributed by atoms with van der Waals surface area (Å²) in [4.78, 5) is 15.2. The summed E-state index contributed by atoms with van der Waals surface area (Å²) in [5.41, 5.74) is 1.08. The maximum absolute atomic E-state index is 10.9. The fourth-order valence-electron chi connectivity index (χ4n) is 1.23. The van der Waals surface area contributed by atoms with E-state index >= 15 is 0 Å². The predicted molar refractivity (Wildman–Crippen MR) is 66.1 cm³/mol. The molecule has 0 amide bonds. The van der Waals surface area contributed by atoms with Crippen LogP contribution >= 0.6 is 11.8 Å². The first-order valence-corrected chi connectivity index (χ1v) is 6.32. The number of aromatic nitrogens is 1. The number of hydrogen-bond acceptors (Lipinski definition) is 3. The van der Waals surface area contributed by atoms with Crippen molar-refractivity contribution in [2.45, 2.75) is 32.2 Å². The summed E-state index contributed by atoms with van der Waals surface area (Å²) in [5, 5.41) is 9.71. The highest BCUT2D eigenvalue weighted by Crippen LogP contribution is 2.20. The Morgan fingerprint density at radius 2 is 2.19 bits per heavy atom. The van der Waals surface area contributed by atoms with E-state index < -0.39 is 5.97 Å². The van der Waals surface area contributed by atoms with E-state index in [1.54, 1.807) is 23.9 Å². The maximum Gasteiger partial charge on any atom is 0.335 e. The second kappa shape index (κ2) is 5.89. The van der Waals surface area contributed by atoms with Crippen molar-refractivity contribution in [2.24, 2.45) is 5.92 Å². The fourth-order valence-corrected chi connectivity index (χ4v) is 2.45. The molecule has 0 saturated heterocycles. The van der Waals surface area contributed by atoms with Crippen LogP contribution in [0.2, 0.25) is 0 Å². The van der Waals surface area contributed by atoms with Crippen LogP contribution in [-0.4, -0.2) is 21.8 Å². The normalized spacial score (nSPS) is 10.8. The minimum Gasteiger partial charge on any atom is -0.478 e. The molecule has 0 aromatic carbocycles. The molecule has 1 aromatic heterocycles. The summed E-state index contributed by atoms with van der Waals surface area (Å²) in [6, 6.07) is 3.23. The third-order valence-electron chi connectivity index (χ3n) is 2.12. The van der Waals surface area contributed by atoms with E-state index in [-0.39, 0.29) is 0 Å². The number of aryl methyl sites for hydroxylation is 1. The van der Waals surface area contributed by atoms with E-state index in [1.165, 1.54) is 0 Å². The molecular weight excluding hydrogens is 222 g/mol. The van der Waals surface area contributed by atoms with Crippen molar-refractivity contribution in [1.29, 1.82) is 0 Å². The summed E-state index contributed by atoms with van der Waals surface area (Å²) < 4.78 is 0. The van der Waals surface area contributed by atoms with Crippen LogP contribution in [0.4, 0.5) is 0 Å². The highest BCUT2D eigenvalue weighted by atomic mass is 32.2. The van der Waals surface area contributed by atoms with Crippen molar-refractivity contribution in [3.63, 3.8) is 0 Å². The van der Waals surface area contributed by atoms with Crippen LogP contribution in [-0.2, 0) is 0 Å². The van der Waals surface area contributed by atoms with E-state index in [0.29, 0.717) is 11.5 Å². The molecule has 0 atom stereocenters. The molecule has 0 spiro atoms. The van der Waals surface area contributed by atoms with Gasteiger partial charge in [0.1, 0.15) is 0 Å². The molecular formula is C12H17NO2S. The molecule has 4 heteroatoms. The van der Waals surface area contributed by atoms with Gasteiger partial charge in [-0.25, -0.2) is 9.78 Å². The monoisotopic (exact) mass is 239 g/mol. The molecule has 0 aliphatic heterocycles. The number of pyridine rings is 1. The van der Waals surface area contributed by atoms with Crippen molar-refractivity contribution in [3.05, 3.63) is 23.4 Å². The lowest BCUT2D eigenvalue weighted by molar-refractivity contribution is 0.0696. The number of nitrogens with zero attached hydrogens (tertiary/aromatic N) is 1. The zero-order valence-corrected chi connectivity index (χ0v) is 10.7. The zero-order chi connectivity index (χ0) is 12.1. The Hall–Kier alpha value is -1.03. The second-order valence-electron chi connectivity index (χ2n) is 4.17. The quantitative estimate of drug-likeness (QED) is 0.801. The average Bonchev–Trinajstić information content (AvgIpc) is 2.16. The van der Waals surface area contributed by atoms with Gasteiger partial charge in [-0.05, 0) is 37.1 Å². The standard InChI is InChI=1S/C12H17NO2S/c1-8(2)4-5-16-11-7-10(12(14)15)6-9(3)13-11/h6-8H,4-5H2,1-3H3,(H,14,15). The molecule has 0 unspecified atom stereocenters. The van der Waals surface area contributed by atoms with Crippen LogP contribution in [0.1, 0.15) is 36.3 Å². The molecule has 1 N–H and O–H groups in total. The van der Waals surface area contributed by atoms with Crippen LogP contribution in [0.5, 0.6) is 0 Å². The smallest absolute Gasteiger partial charge is 0.335 e. The van der Waals surface area contributed by atoms with Gasteiger partial charge in [0.25, 0.3) is 0 Å². The molecule has 16 heavy (non-hydrogen) atoms. The molecule has 0 fully saturated rings. The SMILES string of the molecule is Cc1cc(C(=O)O)cc(SCCC(C)C)n1. The summed E-state index contributed by atoms with van der Waals surface area (Å²) in [6.07, 6.45) is 1.11. The van der Waals surface area contributed by atoms with Crippen LogP contribution in [0.25, 0.3) is 0 Å². The van der Waals surface area contributed by atoms with Gasteiger partial charge in [-0.2, -0.15) is 0 Å². The molecule has 0 bridgehead atoms. The predicted octanol–water partition coefficient (Wildman–Crippen LogP) is 3.23. The first kappa shape index (κ1) is 13.0. The molecule has 88 valence electrons. The Bertz CT molecular complexity index is 377. The number of rotatable bonds is 5. The number of carbonyl (C=O) groups is 1. The zero-order valence-electron chi connectivity index (χ0n) is 9.86. The second-order valence-corrected chi connectivity index (χ2v) is 5.29. The lowest BCUT2D eigenvalue weighted by Crippen LogP contribution is -1.99. The highest BCUT2D eigenvalue weighted by molar-refractivity contribution is 7.99. The van der Waals surface area contributed by atoms with Crippen molar-refractivity contribution in [2.75, 3.05) is 5.75 Å². The first-order chi connectivity index (χ1) is 7.49. The largest absolute Gasteiger partial charge is 0.478 e. The molecule has 1 rings (SSSR count). The number of hydrogen-bond donors (Lipinski definition) is 1. The van der Waals surface area contributed by atoms with E-state index in [1.807, 2.05) is 6.92 Å². The average molecular weight is 239 g/mol. The fraction of sp³-hybridized carbons (Fsp3) is 0.500. The van der Waals surface area contributed by atoms with Crippen molar-refractivity contribution >= 4 is 17.7 Å². The van der Waals surface area contributed by atoms with Gasteiger partial charge in [-0.1, -0.05) is 13.8 Å². The Morgan fingerprint density at radius 1 is 1.50 bits per heavy atom. The molecule has 1 aromatic rings. The van der Waals surface area contributed by atoms with Gasteiger partial charge in [-0.3, -0.25) is 0 Å². The Kier molecular flexibility index (Phi) is 4.80. The Balaban J connectivity index is 2.69. The van der Waals surface area contributed by atoms with Crippen molar-refractivity contribution in [1.82, 2.24) is 4.98 Å². The molecule has 0 radical (unpaired) electrons. The van der Waals surface area contributed by atoms with E-state index in [2.05, 4.69) is 18.8 Å². The van der Waals surface area contributed by atoms with Gasteiger partial charge >= 0.3 is 5.97 Å². The third kappa shape index (κ3) is 4.23. The van der Waals surface area contributed by atoms with E-state index in [0.717, 1.165) is 22.9 Å². The summed E-state index contributed by atoms with van der Waals surface area (Å²) in [5.74, 6) is 0.750. The molecule has 0 aliphatic carbocycles. The Labute approximate surface area is 100 Å². The van der Waals surface area contributed by atoms with Crippen LogP contribution in [0, 0.1) is 12.8 Å². The summed E-state index contributed by atoms with van der Waals surface area (Å²) in [7, 11) is 0. The van der Waals surface area contributed by atoms with E-state index in [9.17, 15) is 4.79 Å². The summed E-state index contributed by atoms with van der Waals surface area (Å²) in [6.45, 7) is 6.17. The molecule has 1 heterocycles. The number of carboxylic acids is 1. The topological polar surface area (TPSA) is 50.2 Å². The molecule has 0 saturated carbocycles. The van der Waals surface area contributed by atoms with Gasteiger partial charge < -0.3 is 5.11 Å². The molecule has 0 aliphatic rings. The van der Waals surface area contributed by atoms with Crippen LogP contribution in [0.3, 0.4) is 0 Å². The Morgan fingerprint density at radius 3 is 2.75 bits per heavy atom. The highest BCUT2D eigenvalue weighted by Gasteiger charge is 2.07. The number of aromatic carboxylic acids is 1. The first-order valence-electron chi connectivity index (χ1n) is 5.34.